The predicted molar refractivity (Wildman–Crippen MR) is 85.0 cm³/mol. The summed E-state index contributed by atoms with van der Waals surface area (Å²) >= 11 is 0. The summed E-state index contributed by atoms with van der Waals surface area (Å²) < 4.78 is 10.6. The fourth-order valence-electron chi connectivity index (χ4n) is 2.30. The van der Waals surface area contributed by atoms with Crippen LogP contribution < -0.4 is 10.1 Å². The third-order valence-corrected chi connectivity index (χ3v) is 3.41. The summed E-state index contributed by atoms with van der Waals surface area (Å²) in [6.07, 6.45) is 2.73. The highest BCUT2D eigenvalue weighted by molar-refractivity contribution is 6.17. The monoisotopic (exact) mass is 328 g/mol. The Hall–Kier alpha value is -3.06. The molecule has 1 aromatic heterocycles. The van der Waals surface area contributed by atoms with Crippen LogP contribution in [0, 0.1) is 0 Å². The minimum Gasteiger partial charge on any atom is -0.489 e. The van der Waals surface area contributed by atoms with Crippen molar-refractivity contribution in [1.29, 1.82) is 0 Å². The maximum absolute atomic E-state index is 12.4. The summed E-state index contributed by atoms with van der Waals surface area (Å²) in [5, 5.41) is 11.8. The Labute approximate surface area is 138 Å². The van der Waals surface area contributed by atoms with E-state index in [2.05, 4.69) is 5.32 Å². The third-order valence-electron chi connectivity index (χ3n) is 3.41. The van der Waals surface area contributed by atoms with Crippen LogP contribution in [-0.2, 0) is 16.1 Å². The van der Waals surface area contributed by atoms with Crippen molar-refractivity contribution in [2.45, 2.75) is 6.54 Å². The van der Waals surface area contributed by atoms with Gasteiger partial charge in [0.05, 0.1) is 25.1 Å². The molecule has 2 heterocycles. The van der Waals surface area contributed by atoms with E-state index in [0.29, 0.717) is 17.2 Å². The van der Waals surface area contributed by atoms with Crippen LogP contribution in [0.25, 0.3) is 0 Å². The first-order chi connectivity index (χ1) is 11.7. The lowest BCUT2D eigenvalue weighted by molar-refractivity contribution is -0.138. The molecule has 0 radical (unpaired) electrons. The Balaban J connectivity index is 1.73. The standard InChI is InChI=1S/C17H16N2O5/c20-7-9-24-15-6-2-1-5-13(15)18-14-10-16(21)19(17(14)22)11-12-4-3-8-23-12/h1-6,8,10,18,20H,7,9,11H2. The van der Waals surface area contributed by atoms with E-state index < -0.39 is 11.8 Å². The number of aliphatic hydroxyl groups excluding tert-OH is 1. The highest BCUT2D eigenvalue weighted by atomic mass is 16.5. The van der Waals surface area contributed by atoms with Crippen molar-refractivity contribution in [3.8, 4) is 5.75 Å². The number of carbonyl (C=O) groups excluding carboxylic acids is 2. The van der Waals surface area contributed by atoms with Gasteiger partial charge in [-0.25, -0.2) is 0 Å². The van der Waals surface area contributed by atoms with Crippen molar-refractivity contribution >= 4 is 17.5 Å². The van der Waals surface area contributed by atoms with Gasteiger partial charge in [0.15, 0.2) is 0 Å². The van der Waals surface area contributed by atoms with Crippen LogP contribution in [0.5, 0.6) is 5.75 Å². The van der Waals surface area contributed by atoms with Crippen molar-refractivity contribution in [3.05, 3.63) is 60.2 Å². The molecule has 7 heteroatoms. The molecule has 1 aliphatic rings. The van der Waals surface area contributed by atoms with E-state index >= 15 is 0 Å². The number of para-hydroxylation sites is 2. The predicted octanol–water partition coefficient (Wildman–Crippen LogP) is 1.52. The Bertz CT molecular complexity index is 767. The molecule has 1 aromatic carbocycles. The van der Waals surface area contributed by atoms with Crippen LogP contribution in [0.15, 0.2) is 58.9 Å². The van der Waals surface area contributed by atoms with Gasteiger partial charge in [-0.15, -0.1) is 0 Å². The van der Waals surface area contributed by atoms with E-state index in [1.807, 2.05) is 0 Å². The fraction of sp³-hybridized carbons (Fsp3) is 0.176. The summed E-state index contributed by atoms with van der Waals surface area (Å²) in [6, 6.07) is 10.4. The molecule has 0 saturated carbocycles. The topological polar surface area (TPSA) is 92.0 Å². The van der Waals surface area contributed by atoms with Crippen molar-refractivity contribution < 1.29 is 23.8 Å². The molecule has 3 rings (SSSR count). The van der Waals surface area contributed by atoms with Gasteiger partial charge in [-0.05, 0) is 24.3 Å². The SMILES string of the molecule is O=C1C=C(Nc2ccccc2OCCO)C(=O)N1Cc1ccco1. The second kappa shape index (κ2) is 7.01. The Kier molecular flexibility index (Phi) is 4.62. The normalized spacial score (nSPS) is 14.0. The number of ether oxygens (including phenoxy) is 1. The van der Waals surface area contributed by atoms with Crippen molar-refractivity contribution in [2.24, 2.45) is 0 Å². The first-order valence-corrected chi connectivity index (χ1v) is 7.38. The van der Waals surface area contributed by atoms with E-state index in [-0.39, 0.29) is 25.5 Å². The summed E-state index contributed by atoms with van der Waals surface area (Å²) in [4.78, 5) is 25.6. The zero-order chi connectivity index (χ0) is 16.9. The molecule has 2 N–H and O–H groups in total. The summed E-state index contributed by atoms with van der Waals surface area (Å²) in [7, 11) is 0. The maximum Gasteiger partial charge on any atom is 0.277 e. The van der Waals surface area contributed by atoms with Gasteiger partial charge in [0.1, 0.15) is 23.8 Å². The summed E-state index contributed by atoms with van der Waals surface area (Å²) in [6.45, 7) is 0.0929. The lowest BCUT2D eigenvalue weighted by Gasteiger charge is -2.15. The van der Waals surface area contributed by atoms with E-state index in [0.717, 1.165) is 4.90 Å². The second-order valence-electron chi connectivity index (χ2n) is 5.06. The third kappa shape index (κ3) is 3.31. The molecule has 1 aliphatic heterocycles. The zero-order valence-corrected chi connectivity index (χ0v) is 12.8. The molecule has 0 unspecified atom stereocenters. The Morgan fingerprint density at radius 3 is 2.75 bits per heavy atom. The minimum atomic E-state index is -0.437. The quantitative estimate of drug-likeness (QED) is 0.749. The number of anilines is 1. The molecule has 2 amide bonds. The number of furan rings is 1. The molecule has 0 saturated heterocycles. The van der Waals surface area contributed by atoms with Crippen LogP contribution in [0.4, 0.5) is 5.69 Å². The molecule has 0 atom stereocenters. The van der Waals surface area contributed by atoms with E-state index in [1.165, 1.54) is 12.3 Å². The summed E-state index contributed by atoms with van der Waals surface area (Å²) in [5.74, 6) is 0.163. The number of hydrogen-bond donors (Lipinski definition) is 2. The fourth-order valence-corrected chi connectivity index (χ4v) is 2.30. The molecule has 24 heavy (non-hydrogen) atoms. The van der Waals surface area contributed by atoms with Crippen LogP contribution in [-0.4, -0.2) is 35.0 Å². The second-order valence-corrected chi connectivity index (χ2v) is 5.06. The lowest BCUT2D eigenvalue weighted by Crippen LogP contribution is -2.31. The smallest absolute Gasteiger partial charge is 0.277 e. The summed E-state index contributed by atoms with van der Waals surface area (Å²) in [5.41, 5.74) is 0.699. The van der Waals surface area contributed by atoms with Gasteiger partial charge in [-0.2, -0.15) is 0 Å². The number of hydrogen-bond acceptors (Lipinski definition) is 6. The van der Waals surface area contributed by atoms with Gasteiger partial charge in [0.25, 0.3) is 11.8 Å². The number of nitrogens with one attached hydrogen (secondary N) is 1. The molecule has 0 bridgehead atoms. The largest absolute Gasteiger partial charge is 0.489 e. The molecule has 0 aliphatic carbocycles. The number of imide groups is 1. The van der Waals surface area contributed by atoms with Gasteiger partial charge < -0.3 is 19.6 Å². The van der Waals surface area contributed by atoms with Crippen molar-refractivity contribution in [1.82, 2.24) is 4.90 Å². The van der Waals surface area contributed by atoms with E-state index in [4.69, 9.17) is 14.3 Å². The van der Waals surface area contributed by atoms with Crippen LogP contribution in [0.3, 0.4) is 0 Å². The number of amides is 2. The number of rotatable bonds is 7. The maximum atomic E-state index is 12.4. The molecule has 0 spiro atoms. The number of benzene rings is 1. The van der Waals surface area contributed by atoms with Crippen LogP contribution in [0.1, 0.15) is 5.76 Å². The molecule has 7 nitrogen and oxygen atoms in total. The first-order valence-electron chi connectivity index (χ1n) is 7.38. The molecular formula is C17H16N2O5. The van der Waals surface area contributed by atoms with Crippen molar-refractivity contribution in [2.75, 3.05) is 18.5 Å². The van der Waals surface area contributed by atoms with Gasteiger partial charge in [-0.3, -0.25) is 14.5 Å². The van der Waals surface area contributed by atoms with E-state index in [1.54, 1.807) is 36.4 Å². The zero-order valence-electron chi connectivity index (χ0n) is 12.8. The average Bonchev–Trinajstić information content (AvgIpc) is 3.18. The molecular weight excluding hydrogens is 312 g/mol. The number of nitrogens with zero attached hydrogens (tertiary/aromatic N) is 1. The number of aliphatic hydroxyl groups is 1. The molecule has 2 aromatic rings. The van der Waals surface area contributed by atoms with Gasteiger partial charge in [0.2, 0.25) is 0 Å². The Morgan fingerprint density at radius 1 is 1.17 bits per heavy atom. The van der Waals surface area contributed by atoms with Gasteiger partial charge >= 0.3 is 0 Å². The number of carbonyl (C=O) groups is 2. The molecule has 124 valence electrons. The van der Waals surface area contributed by atoms with Gasteiger partial charge in [0, 0.05) is 6.08 Å². The van der Waals surface area contributed by atoms with Crippen LogP contribution in [0.2, 0.25) is 0 Å². The first kappa shape index (κ1) is 15.8. The highest BCUT2D eigenvalue weighted by Crippen LogP contribution is 2.27. The van der Waals surface area contributed by atoms with Crippen molar-refractivity contribution in [3.63, 3.8) is 0 Å². The van der Waals surface area contributed by atoms with Crippen LogP contribution >= 0.6 is 0 Å². The molecule has 0 fully saturated rings. The Morgan fingerprint density at radius 2 is 2.00 bits per heavy atom. The lowest BCUT2D eigenvalue weighted by atomic mass is 10.2. The highest BCUT2D eigenvalue weighted by Gasteiger charge is 2.32. The van der Waals surface area contributed by atoms with Gasteiger partial charge in [-0.1, -0.05) is 12.1 Å². The van der Waals surface area contributed by atoms with E-state index in [9.17, 15) is 9.59 Å². The average molecular weight is 328 g/mol. The minimum absolute atomic E-state index is 0.0784.